The Labute approximate surface area is 275 Å². The number of aromatic hydroxyl groups is 1. The third-order valence-corrected chi connectivity index (χ3v) is 8.67. The molecule has 4 rings (SSSR count). The average molecular weight is 663 g/mol. The third kappa shape index (κ3) is 9.87. The van der Waals surface area contributed by atoms with Gasteiger partial charge in [0, 0.05) is 43.2 Å². The van der Waals surface area contributed by atoms with Gasteiger partial charge in [-0.3, -0.25) is 19.5 Å². The summed E-state index contributed by atoms with van der Waals surface area (Å²) in [5, 5.41) is 21.8. The van der Waals surface area contributed by atoms with E-state index in [0.717, 1.165) is 48.9 Å². The predicted molar refractivity (Wildman–Crippen MR) is 181 cm³/mol. The minimum absolute atomic E-state index is 0.110. The molecule has 250 valence electrons. The normalized spacial score (nSPS) is 11.9. The van der Waals surface area contributed by atoms with Gasteiger partial charge in [0.1, 0.15) is 22.2 Å². The number of aromatic nitrogens is 3. The molecular weight excluding hydrogens is 620 g/mol. The van der Waals surface area contributed by atoms with Gasteiger partial charge < -0.3 is 15.2 Å². The lowest BCUT2D eigenvalue weighted by molar-refractivity contribution is 0.0933. The number of pyridine rings is 1. The maximum absolute atomic E-state index is 12.7. The second-order valence-electron chi connectivity index (χ2n) is 12.0. The minimum Gasteiger partial charge on any atom is -0.507 e. The topological polar surface area (TPSA) is 168 Å². The smallest absolute Gasteiger partial charge is 0.295 e. The highest BCUT2D eigenvalue weighted by atomic mass is 32.2. The van der Waals surface area contributed by atoms with Crippen LogP contribution < -0.4 is 15.5 Å². The lowest BCUT2D eigenvalue weighted by Crippen LogP contribution is -2.34. The van der Waals surface area contributed by atoms with E-state index in [1.165, 1.54) is 30.6 Å². The predicted octanol–water partition coefficient (Wildman–Crippen LogP) is 5.84. The average Bonchev–Trinajstić information content (AvgIpc) is 3.47. The Hall–Kier alpha value is -4.75. The zero-order valence-corrected chi connectivity index (χ0v) is 27.9. The van der Waals surface area contributed by atoms with Crippen LogP contribution >= 0.6 is 0 Å². The summed E-state index contributed by atoms with van der Waals surface area (Å²) in [7, 11) is -2.54. The third-order valence-electron chi connectivity index (χ3n) is 7.74. The number of amides is 1. The molecule has 0 saturated carbocycles. The van der Waals surface area contributed by atoms with Crippen LogP contribution in [0, 0.1) is 5.41 Å². The SMILES string of the molecule is CCc1cc(-c2ccnn2C)c(O)cc1OCCCCCC(C)(C)CNC(=O)c1ccc(N/N=C/c2ccccc2S(=O)(=O)O)nc1. The van der Waals surface area contributed by atoms with Crippen molar-refractivity contribution in [3.8, 4) is 22.8 Å². The van der Waals surface area contributed by atoms with Gasteiger partial charge in [-0.15, -0.1) is 0 Å². The Bertz CT molecular complexity index is 1800. The first-order valence-electron chi connectivity index (χ1n) is 15.4. The number of ether oxygens (including phenoxy) is 1. The largest absolute Gasteiger partial charge is 0.507 e. The van der Waals surface area contributed by atoms with E-state index in [-0.39, 0.29) is 27.5 Å². The summed E-state index contributed by atoms with van der Waals surface area (Å²) in [5.41, 5.74) is 5.80. The van der Waals surface area contributed by atoms with Crippen molar-refractivity contribution in [3.05, 3.63) is 83.7 Å². The van der Waals surface area contributed by atoms with E-state index in [4.69, 9.17) is 4.74 Å². The summed E-state index contributed by atoms with van der Waals surface area (Å²) >= 11 is 0. The maximum Gasteiger partial charge on any atom is 0.295 e. The molecule has 0 saturated heterocycles. The number of hydrogen-bond acceptors (Lipinski definition) is 9. The highest BCUT2D eigenvalue weighted by Crippen LogP contribution is 2.35. The summed E-state index contributed by atoms with van der Waals surface area (Å²) in [4.78, 5) is 16.7. The van der Waals surface area contributed by atoms with Crippen molar-refractivity contribution >= 4 is 28.1 Å². The van der Waals surface area contributed by atoms with Crippen molar-refractivity contribution in [1.29, 1.82) is 0 Å². The number of nitrogens with zero attached hydrogens (tertiary/aromatic N) is 4. The van der Waals surface area contributed by atoms with Gasteiger partial charge in [0.2, 0.25) is 0 Å². The van der Waals surface area contributed by atoms with E-state index >= 15 is 0 Å². The van der Waals surface area contributed by atoms with Gasteiger partial charge in [-0.05, 0) is 60.6 Å². The summed E-state index contributed by atoms with van der Waals surface area (Å²) in [6, 6.07) is 14.6. The number of phenols is 1. The molecule has 2 heterocycles. The number of hydrogen-bond donors (Lipinski definition) is 4. The van der Waals surface area contributed by atoms with Crippen LogP contribution in [-0.4, -0.2) is 58.1 Å². The van der Waals surface area contributed by atoms with Gasteiger partial charge in [0.25, 0.3) is 16.0 Å². The number of hydrazone groups is 1. The first kappa shape index (κ1) is 35.1. The summed E-state index contributed by atoms with van der Waals surface area (Å²) in [6.45, 7) is 7.35. The first-order valence-corrected chi connectivity index (χ1v) is 16.9. The van der Waals surface area contributed by atoms with Crippen LogP contribution in [0.15, 0.2) is 77.0 Å². The number of phenolic OH excluding ortho intramolecular Hbond substituents is 1. The monoisotopic (exact) mass is 662 g/mol. The highest BCUT2D eigenvalue weighted by Gasteiger charge is 2.19. The number of rotatable bonds is 16. The van der Waals surface area contributed by atoms with E-state index < -0.39 is 10.1 Å². The fraction of sp³-hybridized carbons (Fsp3) is 0.353. The number of carbonyl (C=O) groups is 1. The zero-order chi connectivity index (χ0) is 34.0. The van der Waals surface area contributed by atoms with Gasteiger partial charge in [-0.25, -0.2) is 4.98 Å². The summed E-state index contributed by atoms with van der Waals surface area (Å²) < 4.78 is 40.2. The molecule has 1 amide bonds. The van der Waals surface area contributed by atoms with Gasteiger partial charge in [-0.1, -0.05) is 51.8 Å². The summed E-state index contributed by atoms with van der Waals surface area (Å²) in [5.74, 6) is 0.989. The molecule has 4 N–H and O–H groups in total. The van der Waals surface area contributed by atoms with E-state index in [1.807, 2.05) is 19.2 Å². The van der Waals surface area contributed by atoms with Crippen molar-refractivity contribution < 1.29 is 27.6 Å². The Morgan fingerprint density at radius 3 is 2.57 bits per heavy atom. The van der Waals surface area contributed by atoms with Crippen molar-refractivity contribution in [2.45, 2.75) is 57.8 Å². The molecule has 0 aliphatic carbocycles. The molecule has 0 radical (unpaired) electrons. The highest BCUT2D eigenvalue weighted by molar-refractivity contribution is 7.86. The van der Waals surface area contributed by atoms with Crippen molar-refractivity contribution in [1.82, 2.24) is 20.1 Å². The Morgan fingerprint density at radius 1 is 1.11 bits per heavy atom. The lowest BCUT2D eigenvalue weighted by Gasteiger charge is -2.25. The molecule has 0 aliphatic rings. The molecule has 0 atom stereocenters. The Balaban J connectivity index is 1.17. The van der Waals surface area contributed by atoms with Gasteiger partial charge in [0.15, 0.2) is 0 Å². The number of nitrogens with one attached hydrogen (secondary N) is 2. The van der Waals surface area contributed by atoms with Crippen molar-refractivity contribution in [3.63, 3.8) is 0 Å². The molecule has 0 unspecified atom stereocenters. The Kier molecular flexibility index (Phi) is 11.7. The summed E-state index contributed by atoms with van der Waals surface area (Å²) in [6.07, 6.45) is 8.93. The molecule has 2 aromatic heterocycles. The molecule has 2 aromatic carbocycles. The van der Waals surface area contributed by atoms with Gasteiger partial charge in [0.05, 0.1) is 24.1 Å². The fourth-order valence-corrected chi connectivity index (χ4v) is 5.70. The van der Waals surface area contributed by atoms with E-state index in [9.17, 15) is 22.9 Å². The second kappa shape index (κ2) is 15.7. The molecule has 12 nitrogen and oxygen atoms in total. The van der Waals surface area contributed by atoms with Crippen LogP contribution in [0.5, 0.6) is 11.5 Å². The van der Waals surface area contributed by atoms with E-state index in [2.05, 4.69) is 46.7 Å². The fourth-order valence-electron chi connectivity index (χ4n) is 5.03. The molecule has 0 fully saturated rings. The molecule has 0 bridgehead atoms. The number of benzene rings is 2. The molecular formula is C34H42N6O6S. The number of aryl methyl sites for hydroxylation is 2. The van der Waals surface area contributed by atoms with Crippen LogP contribution in [0.4, 0.5) is 5.82 Å². The molecule has 13 heteroatoms. The van der Waals surface area contributed by atoms with Gasteiger partial charge in [-0.2, -0.15) is 18.6 Å². The molecule has 0 aliphatic heterocycles. The lowest BCUT2D eigenvalue weighted by atomic mass is 9.87. The van der Waals surface area contributed by atoms with Crippen LogP contribution in [0.2, 0.25) is 0 Å². The maximum atomic E-state index is 12.7. The van der Waals surface area contributed by atoms with Crippen LogP contribution in [0.1, 0.15) is 67.9 Å². The number of unbranched alkanes of at least 4 members (excludes halogenated alkanes) is 2. The van der Waals surface area contributed by atoms with Gasteiger partial charge >= 0.3 is 0 Å². The van der Waals surface area contributed by atoms with Crippen LogP contribution in [0.25, 0.3) is 11.3 Å². The van der Waals surface area contributed by atoms with Crippen LogP contribution in [0.3, 0.4) is 0 Å². The first-order chi connectivity index (χ1) is 22.4. The van der Waals surface area contributed by atoms with E-state index in [0.29, 0.717) is 30.3 Å². The zero-order valence-electron chi connectivity index (χ0n) is 27.1. The molecule has 4 aromatic rings. The molecule has 47 heavy (non-hydrogen) atoms. The number of carbonyl (C=O) groups excluding carboxylic acids is 1. The quantitative estimate of drug-likeness (QED) is 0.0499. The second-order valence-corrected chi connectivity index (χ2v) is 13.4. The number of anilines is 1. The Morgan fingerprint density at radius 2 is 1.89 bits per heavy atom. The van der Waals surface area contributed by atoms with Crippen molar-refractivity contribution in [2.75, 3.05) is 18.6 Å². The minimum atomic E-state index is -4.38. The standard InChI is InChI=1S/C34H42N6O6S/c1-5-24-19-27(28-15-17-38-40(28)4)29(41)20-30(24)46-18-10-6-9-16-34(2,3)23-36-33(42)26-13-14-32(35-21-26)39-37-22-25-11-7-8-12-31(25)47(43,44)45/h7-8,11-15,17,19-22,41H,5-6,9-10,16,18,23H2,1-4H3,(H,35,39)(H,36,42)(H,43,44,45)/b37-22+. The van der Waals surface area contributed by atoms with E-state index in [1.54, 1.807) is 35.1 Å². The molecule has 0 spiro atoms. The van der Waals surface area contributed by atoms with Crippen LogP contribution in [-0.2, 0) is 23.6 Å². The van der Waals surface area contributed by atoms with Crippen molar-refractivity contribution in [2.24, 2.45) is 17.6 Å².